The molecule has 2 aromatic carbocycles. The highest BCUT2D eigenvalue weighted by Gasteiger charge is 2.17. The number of furan rings is 4. The van der Waals surface area contributed by atoms with E-state index in [-0.39, 0.29) is 0 Å². The summed E-state index contributed by atoms with van der Waals surface area (Å²) in [6, 6.07) is 19.6. The van der Waals surface area contributed by atoms with Crippen LogP contribution in [0.15, 0.2) is 128 Å². The highest BCUT2D eigenvalue weighted by molar-refractivity contribution is 5.91. The minimum absolute atomic E-state index is 0.723. The molecule has 190 valence electrons. The van der Waals surface area contributed by atoms with Crippen molar-refractivity contribution in [1.29, 1.82) is 0 Å². The molecule has 0 fully saturated rings. The van der Waals surface area contributed by atoms with E-state index in [2.05, 4.69) is 0 Å². The third kappa shape index (κ3) is 3.70. The minimum atomic E-state index is 0.723. The third-order valence-corrected chi connectivity index (χ3v) is 6.84. The number of hydrogen-bond donors (Lipinski definition) is 0. The first-order valence-corrected chi connectivity index (χ1v) is 12.5. The number of hydrogen-bond acceptors (Lipinski definition) is 8. The van der Waals surface area contributed by atoms with Gasteiger partial charge in [-0.3, -0.25) is 0 Å². The van der Waals surface area contributed by atoms with E-state index in [1.807, 2.05) is 60.7 Å². The SMILES string of the molecule is c1cc(-c2nc3ccc(-c4ccc5nc(-c6ccoc6)c(-c6ccoc6)nc5c4)cc3nc2-c2ccoc2)co1. The topological polar surface area (TPSA) is 104 Å². The van der Waals surface area contributed by atoms with Crippen LogP contribution in [0, 0.1) is 0 Å². The summed E-state index contributed by atoms with van der Waals surface area (Å²) in [5.41, 5.74) is 11.4. The Hall–Kier alpha value is -5.76. The Morgan fingerprint density at radius 3 is 0.950 bits per heavy atom. The van der Waals surface area contributed by atoms with Crippen molar-refractivity contribution >= 4 is 22.1 Å². The first-order valence-electron chi connectivity index (χ1n) is 12.5. The normalized spacial score (nSPS) is 11.5. The van der Waals surface area contributed by atoms with E-state index in [0.717, 1.165) is 78.2 Å². The van der Waals surface area contributed by atoms with Crippen molar-refractivity contribution in [3.63, 3.8) is 0 Å². The van der Waals surface area contributed by atoms with Gasteiger partial charge < -0.3 is 17.7 Å². The van der Waals surface area contributed by atoms with E-state index < -0.39 is 0 Å². The van der Waals surface area contributed by atoms with Crippen LogP contribution in [0.25, 0.3) is 78.2 Å². The van der Waals surface area contributed by atoms with Crippen LogP contribution in [-0.2, 0) is 0 Å². The third-order valence-electron chi connectivity index (χ3n) is 6.84. The summed E-state index contributed by atoms with van der Waals surface area (Å²) < 4.78 is 21.3. The smallest absolute Gasteiger partial charge is 0.101 e. The predicted molar refractivity (Wildman–Crippen MR) is 149 cm³/mol. The molecule has 8 nitrogen and oxygen atoms in total. The second-order valence-electron chi connectivity index (χ2n) is 9.30. The van der Waals surface area contributed by atoms with Crippen molar-refractivity contribution in [3.8, 4) is 56.2 Å². The number of nitrogens with zero attached hydrogens (tertiary/aromatic N) is 4. The molecule has 0 atom stereocenters. The zero-order valence-electron chi connectivity index (χ0n) is 20.8. The van der Waals surface area contributed by atoms with E-state index in [1.54, 1.807) is 50.1 Å². The maximum atomic E-state index is 5.34. The standard InChI is InChI=1S/C32H18N4O4/c1-3-25-27(35-31(23-7-11-39-17-23)29(33-25)21-5-9-37-15-21)13-19(1)20-2-4-26-28(14-20)36-32(24-8-12-40-18-24)30(34-26)22-6-10-38-16-22/h1-18H. The van der Waals surface area contributed by atoms with Gasteiger partial charge in [0.1, 0.15) is 22.8 Å². The Morgan fingerprint density at radius 1 is 0.325 bits per heavy atom. The van der Waals surface area contributed by atoms with E-state index in [0.29, 0.717) is 0 Å². The average molecular weight is 523 g/mol. The van der Waals surface area contributed by atoms with Crippen LogP contribution in [-0.4, -0.2) is 19.9 Å². The van der Waals surface area contributed by atoms with Gasteiger partial charge in [0.2, 0.25) is 0 Å². The molecule has 0 N–H and O–H groups in total. The fourth-order valence-corrected chi connectivity index (χ4v) is 4.87. The average Bonchev–Trinajstić information content (AvgIpc) is 3.83. The Bertz CT molecular complexity index is 1940. The van der Waals surface area contributed by atoms with Crippen molar-refractivity contribution in [2.45, 2.75) is 0 Å². The highest BCUT2D eigenvalue weighted by atomic mass is 16.3. The Labute approximate surface area is 226 Å². The summed E-state index contributed by atoms with van der Waals surface area (Å²) in [5, 5.41) is 0. The van der Waals surface area contributed by atoms with Crippen LogP contribution in [0.4, 0.5) is 0 Å². The molecule has 0 radical (unpaired) electrons. The van der Waals surface area contributed by atoms with Crippen LogP contribution in [0.1, 0.15) is 0 Å². The molecule has 0 saturated heterocycles. The summed E-state index contributed by atoms with van der Waals surface area (Å²) in [4.78, 5) is 19.9. The molecule has 0 aliphatic rings. The molecule has 8 heteroatoms. The minimum Gasteiger partial charge on any atom is -0.472 e. The van der Waals surface area contributed by atoms with Crippen molar-refractivity contribution < 1.29 is 17.7 Å². The van der Waals surface area contributed by atoms with E-state index in [1.165, 1.54) is 0 Å². The van der Waals surface area contributed by atoms with Gasteiger partial charge in [-0.15, -0.1) is 0 Å². The molecule has 0 unspecified atom stereocenters. The summed E-state index contributed by atoms with van der Waals surface area (Å²) >= 11 is 0. The Balaban J connectivity index is 1.27. The molecule has 6 heterocycles. The lowest BCUT2D eigenvalue weighted by Crippen LogP contribution is -1.95. The molecular formula is C32H18N4O4. The molecule has 0 bridgehead atoms. The fourth-order valence-electron chi connectivity index (χ4n) is 4.87. The van der Waals surface area contributed by atoms with Gasteiger partial charge in [-0.2, -0.15) is 0 Å². The van der Waals surface area contributed by atoms with Crippen molar-refractivity contribution in [2.75, 3.05) is 0 Å². The molecule has 0 amide bonds. The Kier molecular flexibility index (Phi) is 4.96. The van der Waals surface area contributed by atoms with Crippen molar-refractivity contribution in [3.05, 3.63) is 111 Å². The lowest BCUT2D eigenvalue weighted by atomic mass is 10.0. The molecule has 0 aliphatic carbocycles. The lowest BCUT2D eigenvalue weighted by molar-refractivity contribution is 0.567. The predicted octanol–water partition coefficient (Wildman–Crippen LogP) is 8.28. The molecule has 0 aliphatic heterocycles. The largest absolute Gasteiger partial charge is 0.472 e. The maximum Gasteiger partial charge on any atom is 0.101 e. The van der Waals surface area contributed by atoms with Crippen molar-refractivity contribution in [2.24, 2.45) is 0 Å². The molecule has 6 aromatic heterocycles. The monoisotopic (exact) mass is 522 g/mol. The van der Waals surface area contributed by atoms with Gasteiger partial charge in [0.25, 0.3) is 0 Å². The lowest BCUT2D eigenvalue weighted by Gasteiger charge is -2.10. The molecular weight excluding hydrogens is 504 g/mol. The van der Waals surface area contributed by atoms with E-state index in [9.17, 15) is 0 Å². The number of fused-ring (bicyclic) bond motifs is 2. The first-order chi connectivity index (χ1) is 19.8. The maximum absolute atomic E-state index is 5.34. The summed E-state index contributed by atoms with van der Waals surface area (Å²) in [5.74, 6) is 0. The summed E-state index contributed by atoms with van der Waals surface area (Å²) in [6.45, 7) is 0. The molecule has 40 heavy (non-hydrogen) atoms. The molecule has 8 aromatic rings. The second-order valence-corrected chi connectivity index (χ2v) is 9.30. The Morgan fingerprint density at radius 2 is 0.650 bits per heavy atom. The number of rotatable bonds is 5. The van der Waals surface area contributed by atoms with Gasteiger partial charge in [0, 0.05) is 22.3 Å². The van der Waals surface area contributed by atoms with Gasteiger partial charge in [0.15, 0.2) is 0 Å². The zero-order chi connectivity index (χ0) is 26.5. The van der Waals surface area contributed by atoms with Crippen LogP contribution >= 0.6 is 0 Å². The molecule has 0 saturated carbocycles. The summed E-state index contributed by atoms with van der Waals surface area (Å²) in [7, 11) is 0. The van der Waals surface area contributed by atoms with Gasteiger partial charge in [-0.05, 0) is 59.7 Å². The van der Waals surface area contributed by atoms with Gasteiger partial charge in [-0.1, -0.05) is 12.1 Å². The quantitative estimate of drug-likeness (QED) is 0.222. The van der Waals surface area contributed by atoms with Crippen LogP contribution in [0.5, 0.6) is 0 Å². The van der Waals surface area contributed by atoms with Gasteiger partial charge >= 0.3 is 0 Å². The van der Waals surface area contributed by atoms with E-state index in [4.69, 9.17) is 37.6 Å². The van der Waals surface area contributed by atoms with Gasteiger partial charge in [-0.25, -0.2) is 19.9 Å². The number of aromatic nitrogens is 4. The fraction of sp³-hybridized carbons (Fsp3) is 0. The summed E-state index contributed by atoms with van der Waals surface area (Å²) in [6.07, 6.45) is 13.2. The first kappa shape index (κ1) is 22.2. The van der Waals surface area contributed by atoms with Crippen LogP contribution in [0.2, 0.25) is 0 Å². The van der Waals surface area contributed by atoms with Crippen molar-refractivity contribution in [1.82, 2.24) is 19.9 Å². The van der Waals surface area contributed by atoms with E-state index >= 15 is 0 Å². The van der Waals surface area contributed by atoms with Crippen LogP contribution in [0.3, 0.4) is 0 Å². The molecule has 0 spiro atoms. The highest BCUT2D eigenvalue weighted by Crippen LogP contribution is 2.35. The molecule has 8 rings (SSSR count). The number of benzene rings is 2. The van der Waals surface area contributed by atoms with Crippen LogP contribution < -0.4 is 0 Å². The zero-order valence-corrected chi connectivity index (χ0v) is 20.8. The van der Waals surface area contributed by atoms with Gasteiger partial charge in [0.05, 0.1) is 72.2 Å². The second kappa shape index (κ2) is 8.92.